The van der Waals surface area contributed by atoms with E-state index in [0.29, 0.717) is 19.1 Å². The van der Waals surface area contributed by atoms with Crippen molar-refractivity contribution in [3.05, 3.63) is 29.8 Å². The number of piperazine rings is 1. The number of amides is 2. The van der Waals surface area contributed by atoms with Crippen LogP contribution >= 0.6 is 0 Å². The van der Waals surface area contributed by atoms with Gasteiger partial charge in [-0.25, -0.2) is 0 Å². The van der Waals surface area contributed by atoms with Crippen molar-refractivity contribution >= 4 is 17.5 Å². The van der Waals surface area contributed by atoms with Gasteiger partial charge in [-0.1, -0.05) is 18.6 Å². The first-order valence-corrected chi connectivity index (χ1v) is 8.04. The second-order valence-electron chi connectivity index (χ2n) is 6.20. The number of likely N-dealkylation sites (N-methyl/N-ethyl adjacent to an activating group) is 1. The van der Waals surface area contributed by atoms with E-state index in [-0.39, 0.29) is 0 Å². The van der Waals surface area contributed by atoms with E-state index in [1.54, 1.807) is 11.9 Å². The molecule has 2 fully saturated rings. The van der Waals surface area contributed by atoms with Crippen molar-refractivity contribution in [2.24, 2.45) is 0 Å². The molecule has 0 radical (unpaired) electrons. The number of carbonyl (C=O) groups is 2. The molecule has 2 aliphatic heterocycles. The third-order valence-electron chi connectivity index (χ3n) is 4.55. The van der Waals surface area contributed by atoms with Crippen LogP contribution in [-0.4, -0.2) is 49.4 Å². The van der Waals surface area contributed by atoms with Crippen LogP contribution in [-0.2, 0) is 16.0 Å². The highest BCUT2D eigenvalue weighted by Gasteiger charge is 2.31. The number of rotatable bonds is 3. The predicted molar refractivity (Wildman–Crippen MR) is 85.8 cm³/mol. The van der Waals surface area contributed by atoms with Gasteiger partial charge < -0.3 is 15.1 Å². The molecule has 1 atom stereocenters. The molecule has 118 valence electrons. The van der Waals surface area contributed by atoms with Crippen molar-refractivity contribution in [2.75, 3.05) is 31.6 Å². The fourth-order valence-electron chi connectivity index (χ4n) is 3.21. The van der Waals surface area contributed by atoms with Crippen molar-refractivity contribution in [3.63, 3.8) is 0 Å². The molecule has 2 heterocycles. The van der Waals surface area contributed by atoms with Gasteiger partial charge in [0, 0.05) is 31.9 Å². The lowest BCUT2D eigenvalue weighted by Gasteiger charge is -2.32. The Labute approximate surface area is 131 Å². The summed E-state index contributed by atoms with van der Waals surface area (Å²) in [5.74, 6) is -0.854. The summed E-state index contributed by atoms with van der Waals surface area (Å²) in [5, 5.41) is 3.55. The normalized spacial score (nSPS) is 23.0. The third-order valence-corrected chi connectivity index (χ3v) is 4.55. The molecular weight excluding hydrogens is 278 g/mol. The van der Waals surface area contributed by atoms with E-state index < -0.39 is 11.8 Å². The van der Waals surface area contributed by atoms with Crippen molar-refractivity contribution in [2.45, 2.75) is 31.7 Å². The first kappa shape index (κ1) is 15.0. The molecule has 0 saturated carbocycles. The Morgan fingerprint density at radius 1 is 1.18 bits per heavy atom. The predicted octanol–water partition coefficient (Wildman–Crippen LogP) is 1.18. The van der Waals surface area contributed by atoms with Crippen LogP contribution in [0.1, 0.15) is 24.8 Å². The second kappa shape index (κ2) is 6.48. The van der Waals surface area contributed by atoms with E-state index in [0.717, 1.165) is 18.7 Å². The molecule has 0 aliphatic carbocycles. The number of hydrogen-bond acceptors (Lipinski definition) is 3. The van der Waals surface area contributed by atoms with Gasteiger partial charge in [0.05, 0.1) is 0 Å². The largest absolute Gasteiger partial charge is 0.336 e. The number of carbonyl (C=O) groups excluding carboxylic acids is 2. The molecular formula is C17H23N3O2. The van der Waals surface area contributed by atoms with Crippen molar-refractivity contribution in [1.29, 1.82) is 0 Å². The zero-order chi connectivity index (χ0) is 15.5. The number of anilines is 1. The SMILES string of the molecule is CN1CCN(c2cccc(CC3CCCCN3)c2)C(=O)C1=O. The van der Waals surface area contributed by atoms with Gasteiger partial charge in [0.15, 0.2) is 0 Å². The molecule has 5 nitrogen and oxygen atoms in total. The highest BCUT2D eigenvalue weighted by atomic mass is 16.2. The van der Waals surface area contributed by atoms with Crippen LogP contribution in [0.3, 0.4) is 0 Å². The number of piperidine rings is 1. The minimum Gasteiger partial charge on any atom is -0.336 e. The molecule has 22 heavy (non-hydrogen) atoms. The lowest BCUT2D eigenvalue weighted by Crippen LogP contribution is -2.53. The highest BCUT2D eigenvalue weighted by molar-refractivity contribution is 6.40. The Balaban J connectivity index is 1.73. The molecule has 3 rings (SSSR count). The summed E-state index contributed by atoms with van der Waals surface area (Å²) in [5.41, 5.74) is 2.05. The van der Waals surface area contributed by atoms with E-state index in [1.807, 2.05) is 18.2 Å². The number of benzene rings is 1. The Kier molecular flexibility index (Phi) is 4.43. The smallest absolute Gasteiger partial charge is 0.316 e. The summed E-state index contributed by atoms with van der Waals surface area (Å²) >= 11 is 0. The first-order valence-electron chi connectivity index (χ1n) is 8.04. The molecule has 2 saturated heterocycles. The standard InChI is InChI=1S/C17H23N3O2/c1-19-9-10-20(17(22)16(19)21)15-7-4-5-13(12-15)11-14-6-2-3-8-18-14/h4-5,7,12,14,18H,2-3,6,8-11H2,1H3. The molecule has 0 aromatic heterocycles. The fourth-order valence-corrected chi connectivity index (χ4v) is 3.21. The zero-order valence-electron chi connectivity index (χ0n) is 13.0. The van der Waals surface area contributed by atoms with Crippen LogP contribution in [0.25, 0.3) is 0 Å². The van der Waals surface area contributed by atoms with Gasteiger partial charge in [0.1, 0.15) is 0 Å². The molecule has 1 aromatic carbocycles. The Bertz CT molecular complexity index is 567. The van der Waals surface area contributed by atoms with E-state index in [4.69, 9.17) is 0 Å². The quantitative estimate of drug-likeness (QED) is 0.853. The highest BCUT2D eigenvalue weighted by Crippen LogP contribution is 2.21. The summed E-state index contributed by atoms with van der Waals surface area (Å²) in [6, 6.07) is 8.56. The van der Waals surface area contributed by atoms with Gasteiger partial charge >= 0.3 is 11.8 Å². The van der Waals surface area contributed by atoms with E-state index >= 15 is 0 Å². The monoisotopic (exact) mass is 301 g/mol. The van der Waals surface area contributed by atoms with Gasteiger partial charge in [-0.2, -0.15) is 0 Å². The summed E-state index contributed by atoms with van der Waals surface area (Å²) in [6.45, 7) is 2.24. The fraction of sp³-hybridized carbons (Fsp3) is 0.529. The van der Waals surface area contributed by atoms with Gasteiger partial charge in [-0.05, 0) is 43.5 Å². The Morgan fingerprint density at radius 3 is 2.82 bits per heavy atom. The lowest BCUT2D eigenvalue weighted by atomic mass is 9.97. The maximum atomic E-state index is 12.2. The molecule has 2 amide bonds. The zero-order valence-corrected chi connectivity index (χ0v) is 13.0. The van der Waals surface area contributed by atoms with Crippen LogP contribution in [0.4, 0.5) is 5.69 Å². The van der Waals surface area contributed by atoms with Gasteiger partial charge in [0.2, 0.25) is 0 Å². The third kappa shape index (κ3) is 3.14. The summed E-state index contributed by atoms with van der Waals surface area (Å²) < 4.78 is 0. The molecule has 1 aromatic rings. The maximum Gasteiger partial charge on any atom is 0.316 e. The van der Waals surface area contributed by atoms with Crippen LogP contribution in [0.2, 0.25) is 0 Å². The van der Waals surface area contributed by atoms with Crippen molar-refractivity contribution in [3.8, 4) is 0 Å². The van der Waals surface area contributed by atoms with Crippen LogP contribution < -0.4 is 10.2 Å². The van der Waals surface area contributed by atoms with Crippen LogP contribution in [0, 0.1) is 0 Å². The van der Waals surface area contributed by atoms with Gasteiger partial charge in [-0.3, -0.25) is 9.59 Å². The number of hydrogen-bond donors (Lipinski definition) is 1. The Morgan fingerprint density at radius 2 is 2.05 bits per heavy atom. The van der Waals surface area contributed by atoms with E-state index in [2.05, 4.69) is 11.4 Å². The minimum atomic E-state index is -0.429. The van der Waals surface area contributed by atoms with Crippen molar-refractivity contribution < 1.29 is 9.59 Å². The topological polar surface area (TPSA) is 52.6 Å². The molecule has 0 bridgehead atoms. The Hall–Kier alpha value is -1.88. The average molecular weight is 301 g/mol. The lowest BCUT2D eigenvalue weighted by molar-refractivity contribution is -0.145. The maximum absolute atomic E-state index is 12.2. The molecule has 2 aliphatic rings. The van der Waals surface area contributed by atoms with Crippen LogP contribution in [0.15, 0.2) is 24.3 Å². The molecule has 1 unspecified atom stereocenters. The number of nitrogens with zero attached hydrogens (tertiary/aromatic N) is 2. The summed E-state index contributed by atoms with van der Waals surface area (Å²) in [6.07, 6.45) is 4.72. The van der Waals surface area contributed by atoms with Crippen molar-refractivity contribution in [1.82, 2.24) is 10.2 Å². The van der Waals surface area contributed by atoms with Gasteiger partial charge in [-0.15, -0.1) is 0 Å². The molecule has 0 spiro atoms. The minimum absolute atomic E-state index is 0.425. The average Bonchev–Trinajstić information content (AvgIpc) is 2.54. The second-order valence-corrected chi connectivity index (χ2v) is 6.20. The van der Waals surface area contributed by atoms with E-state index in [1.165, 1.54) is 29.7 Å². The number of nitrogens with one attached hydrogen (secondary N) is 1. The van der Waals surface area contributed by atoms with Gasteiger partial charge in [0.25, 0.3) is 0 Å². The van der Waals surface area contributed by atoms with Crippen LogP contribution in [0.5, 0.6) is 0 Å². The first-order chi connectivity index (χ1) is 10.6. The molecule has 5 heteroatoms. The summed E-state index contributed by atoms with van der Waals surface area (Å²) in [7, 11) is 1.67. The van der Waals surface area contributed by atoms with E-state index in [9.17, 15) is 9.59 Å². The summed E-state index contributed by atoms with van der Waals surface area (Å²) in [4.78, 5) is 27.1. The molecule has 1 N–H and O–H groups in total.